The Labute approximate surface area is 76.8 Å². The van der Waals surface area contributed by atoms with E-state index in [4.69, 9.17) is 51.5 Å². The zero-order chi connectivity index (χ0) is 8.36. The maximum atomic E-state index is 9.77. The molecule has 3 nitrogen and oxygen atoms in total. The van der Waals surface area contributed by atoms with Gasteiger partial charge in [-0.1, -0.05) is 46.4 Å². The van der Waals surface area contributed by atoms with Crippen molar-refractivity contribution < 1.29 is 14.6 Å². The quantitative estimate of drug-likeness (QED) is 0.554. The zero-order valence-corrected chi connectivity index (χ0v) is 7.38. The van der Waals surface area contributed by atoms with E-state index in [2.05, 4.69) is 4.74 Å². The molecular formula is C3H2Cl4O3. The van der Waals surface area contributed by atoms with Gasteiger partial charge in [-0.25, -0.2) is 4.79 Å². The van der Waals surface area contributed by atoms with Crippen LogP contribution in [-0.4, -0.2) is 20.6 Å². The number of rotatable bonds is 1. The number of hydrogen-bond acceptors (Lipinski definition) is 2. The van der Waals surface area contributed by atoms with Gasteiger partial charge in [0.25, 0.3) is 0 Å². The molecule has 0 aromatic heterocycles. The summed E-state index contributed by atoms with van der Waals surface area (Å²) in [6, 6.07) is 0. The molecule has 0 aliphatic rings. The molecule has 0 amide bonds. The van der Waals surface area contributed by atoms with Crippen LogP contribution in [0.1, 0.15) is 0 Å². The standard InChI is InChI=1S/C3H2Cl4O3/c4-1(3(5,6)7)10-2(8)9/h1H,(H,8,9). The monoisotopic (exact) mass is 226 g/mol. The molecule has 0 fully saturated rings. The number of carbonyl (C=O) groups is 1. The lowest BCUT2D eigenvalue weighted by atomic mass is 10.8. The summed E-state index contributed by atoms with van der Waals surface area (Å²) in [7, 11) is 0. The van der Waals surface area contributed by atoms with Crippen molar-refractivity contribution in [3.05, 3.63) is 0 Å². The summed E-state index contributed by atoms with van der Waals surface area (Å²) in [6.07, 6.45) is -1.59. The molecule has 0 heterocycles. The van der Waals surface area contributed by atoms with E-state index in [0.29, 0.717) is 0 Å². The van der Waals surface area contributed by atoms with Gasteiger partial charge in [-0.3, -0.25) is 0 Å². The van der Waals surface area contributed by atoms with E-state index in [0.717, 1.165) is 0 Å². The summed E-state index contributed by atoms with van der Waals surface area (Å²) in [5, 5.41) is 7.96. The highest BCUT2D eigenvalue weighted by atomic mass is 35.6. The van der Waals surface area contributed by atoms with Crippen molar-refractivity contribution in [3.8, 4) is 0 Å². The highest BCUT2D eigenvalue weighted by Gasteiger charge is 2.34. The van der Waals surface area contributed by atoms with Crippen LogP contribution < -0.4 is 0 Å². The second-order valence-electron chi connectivity index (χ2n) is 1.24. The number of carboxylic acid groups (broad SMARTS) is 1. The first-order valence-electron chi connectivity index (χ1n) is 1.94. The van der Waals surface area contributed by atoms with Crippen LogP contribution in [-0.2, 0) is 4.74 Å². The van der Waals surface area contributed by atoms with Gasteiger partial charge in [0, 0.05) is 0 Å². The minimum Gasteiger partial charge on any atom is -0.450 e. The van der Waals surface area contributed by atoms with E-state index in [1.54, 1.807) is 0 Å². The molecule has 60 valence electrons. The second-order valence-corrected chi connectivity index (χ2v) is 4.01. The molecule has 1 unspecified atom stereocenters. The molecule has 0 aliphatic heterocycles. The molecule has 7 heteroatoms. The van der Waals surface area contributed by atoms with Crippen molar-refractivity contribution in [2.75, 3.05) is 0 Å². The summed E-state index contributed by atoms with van der Waals surface area (Å²) >= 11 is 20.6. The molecule has 1 N–H and O–H groups in total. The number of halogens is 4. The largest absolute Gasteiger partial charge is 0.507 e. The Hall–Kier alpha value is 0.430. The minimum atomic E-state index is -1.93. The third kappa shape index (κ3) is 4.28. The van der Waals surface area contributed by atoms with E-state index in [1.807, 2.05) is 0 Å². The normalized spacial score (nSPS) is 14.4. The number of hydrogen-bond donors (Lipinski definition) is 1. The van der Waals surface area contributed by atoms with E-state index >= 15 is 0 Å². The van der Waals surface area contributed by atoms with Crippen molar-refractivity contribution in [2.24, 2.45) is 0 Å². The summed E-state index contributed by atoms with van der Waals surface area (Å²) in [4.78, 5) is 9.77. The summed E-state index contributed by atoms with van der Waals surface area (Å²) in [5.41, 5.74) is -1.49. The molecular weight excluding hydrogens is 226 g/mol. The van der Waals surface area contributed by atoms with Gasteiger partial charge < -0.3 is 9.84 Å². The van der Waals surface area contributed by atoms with Crippen LogP contribution in [0.2, 0.25) is 0 Å². The molecule has 0 spiro atoms. The zero-order valence-electron chi connectivity index (χ0n) is 4.35. The topological polar surface area (TPSA) is 46.5 Å². The Morgan fingerprint density at radius 3 is 2.00 bits per heavy atom. The molecule has 0 radical (unpaired) electrons. The van der Waals surface area contributed by atoms with Crippen LogP contribution >= 0.6 is 46.4 Å². The van der Waals surface area contributed by atoms with Crippen molar-refractivity contribution in [3.63, 3.8) is 0 Å². The first kappa shape index (κ1) is 10.4. The first-order valence-corrected chi connectivity index (χ1v) is 3.51. The third-order valence-electron chi connectivity index (χ3n) is 0.462. The Bertz CT molecular complexity index is 130. The highest BCUT2D eigenvalue weighted by Crippen LogP contribution is 2.34. The summed E-state index contributed by atoms with van der Waals surface area (Å²) in [6.45, 7) is 0. The fourth-order valence-corrected chi connectivity index (χ4v) is 0.365. The van der Waals surface area contributed by atoms with Crippen molar-refractivity contribution in [1.29, 1.82) is 0 Å². The average molecular weight is 228 g/mol. The molecule has 0 aromatic carbocycles. The van der Waals surface area contributed by atoms with Crippen LogP contribution in [0.25, 0.3) is 0 Å². The smallest absolute Gasteiger partial charge is 0.450 e. The molecule has 0 rings (SSSR count). The van der Waals surface area contributed by atoms with Crippen LogP contribution in [0.15, 0.2) is 0 Å². The van der Waals surface area contributed by atoms with E-state index in [-0.39, 0.29) is 0 Å². The van der Waals surface area contributed by atoms with Crippen LogP contribution in [0.4, 0.5) is 4.79 Å². The molecule has 0 aliphatic carbocycles. The molecule has 0 aromatic rings. The first-order chi connectivity index (χ1) is 4.34. The lowest BCUT2D eigenvalue weighted by molar-refractivity contribution is 0.0809. The second kappa shape index (κ2) is 3.72. The van der Waals surface area contributed by atoms with Crippen LogP contribution in [0, 0.1) is 0 Å². The van der Waals surface area contributed by atoms with Gasteiger partial charge >= 0.3 is 6.16 Å². The SMILES string of the molecule is O=C(O)OC(Cl)C(Cl)(Cl)Cl. The Morgan fingerprint density at radius 1 is 1.50 bits per heavy atom. The van der Waals surface area contributed by atoms with Crippen LogP contribution in [0.5, 0.6) is 0 Å². The Morgan fingerprint density at radius 2 is 1.90 bits per heavy atom. The van der Waals surface area contributed by atoms with Gasteiger partial charge in [0.1, 0.15) is 0 Å². The van der Waals surface area contributed by atoms with Gasteiger partial charge in [0.15, 0.2) is 0 Å². The van der Waals surface area contributed by atoms with Gasteiger partial charge in [0.05, 0.1) is 0 Å². The van der Waals surface area contributed by atoms with Crippen molar-refractivity contribution in [2.45, 2.75) is 9.36 Å². The van der Waals surface area contributed by atoms with E-state index in [9.17, 15) is 4.79 Å². The third-order valence-corrected chi connectivity index (χ3v) is 1.81. The van der Waals surface area contributed by atoms with Crippen LogP contribution in [0.3, 0.4) is 0 Å². The van der Waals surface area contributed by atoms with Gasteiger partial charge in [0.2, 0.25) is 9.36 Å². The van der Waals surface area contributed by atoms with Gasteiger partial charge in [-0.05, 0) is 0 Å². The van der Waals surface area contributed by atoms with Gasteiger partial charge in [-0.2, -0.15) is 0 Å². The molecule has 10 heavy (non-hydrogen) atoms. The Kier molecular flexibility index (Phi) is 3.88. The molecule has 0 saturated carbocycles. The number of ether oxygens (including phenoxy) is 1. The minimum absolute atomic E-state index is 1.49. The summed E-state index contributed by atoms with van der Waals surface area (Å²) < 4.78 is 1.97. The molecule has 1 atom stereocenters. The van der Waals surface area contributed by atoms with E-state index < -0.39 is 15.5 Å². The van der Waals surface area contributed by atoms with Gasteiger partial charge in [-0.15, -0.1) is 0 Å². The average Bonchev–Trinajstić information content (AvgIpc) is 1.60. The maximum Gasteiger partial charge on any atom is 0.507 e. The lowest BCUT2D eigenvalue weighted by Crippen LogP contribution is -2.24. The lowest BCUT2D eigenvalue weighted by Gasteiger charge is -2.15. The van der Waals surface area contributed by atoms with E-state index in [1.165, 1.54) is 0 Å². The highest BCUT2D eigenvalue weighted by molar-refractivity contribution is 6.70. The Balaban J connectivity index is 3.85. The molecule has 0 saturated heterocycles. The molecule has 0 bridgehead atoms. The fourth-order valence-electron chi connectivity index (χ4n) is 0.155. The van der Waals surface area contributed by atoms with Crippen molar-refractivity contribution >= 4 is 52.6 Å². The maximum absolute atomic E-state index is 9.77. The predicted octanol–water partition coefficient (Wildman–Crippen LogP) is 2.62. The predicted molar refractivity (Wildman–Crippen MR) is 39.0 cm³/mol. The number of alkyl halides is 4. The summed E-state index contributed by atoms with van der Waals surface area (Å²) in [5.74, 6) is 0. The fraction of sp³-hybridized carbons (Fsp3) is 0.667. The van der Waals surface area contributed by atoms with Crippen molar-refractivity contribution in [1.82, 2.24) is 0 Å².